The largest absolute Gasteiger partial charge is 0.371 e. The predicted octanol–water partition coefficient (Wildman–Crippen LogP) is 3.72. The van der Waals surface area contributed by atoms with Gasteiger partial charge in [-0.05, 0) is 39.0 Å². The van der Waals surface area contributed by atoms with Crippen LogP contribution in [0.2, 0.25) is 0 Å². The average Bonchev–Trinajstić information content (AvgIpc) is 3.45. The lowest BCUT2D eigenvalue weighted by molar-refractivity contribution is 0.0781. The van der Waals surface area contributed by atoms with Crippen LogP contribution in [0.1, 0.15) is 34.2 Å². The Bertz CT molecular complexity index is 1570. The summed E-state index contributed by atoms with van der Waals surface area (Å²) in [6.07, 6.45) is 3.51. The van der Waals surface area contributed by atoms with Gasteiger partial charge in [-0.2, -0.15) is 10.2 Å². The van der Waals surface area contributed by atoms with E-state index in [2.05, 4.69) is 25.6 Å². The van der Waals surface area contributed by atoms with Crippen molar-refractivity contribution >= 4 is 33.7 Å². The highest BCUT2D eigenvalue weighted by Gasteiger charge is 2.21. The number of hydrogen-bond acceptors (Lipinski definition) is 7. The third-order valence-corrected chi connectivity index (χ3v) is 6.22. The Morgan fingerprint density at radius 1 is 1.14 bits per heavy atom. The summed E-state index contributed by atoms with van der Waals surface area (Å²) in [4.78, 5) is 29.3. The molecule has 2 N–H and O–H groups in total. The molecule has 35 heavy (non-hydrogen) atoms. The zero-order valence-corrected chi connectivity index (χ0v) is 20.4. The summed E-state index contributed by atoms with van der Waals surface area (Å²) in [6.45, 7) is 7.27. The number of aryl methyl sites for hydroxylation is 2. The first-order valence-electron chi connectivity index (χ1n) is 11.5. The average molecular weight is 470 g/mol. The minimum atomic E-state index is -0.179. The molecule has 0 atom stereocenters. The number of benzene rings is 1. The first-order valence-corrected chi connectivity index (χ1v) is 11.5. The van der Waals surface area contributed by atoms with Crippen molar-refractivity contribution in [2.75, 3.05) is 19.4 Å². The predicted molar refractivity (Wildman–Crippen MR) is 135 cm³/mol. The van der Waals surface area contributed by atoms with Crippen LogP contribution in [-0.2, 0) is 13.1 Å². The normalized spacial score (nSPS) is 11.3. The highest BCUT2D eigenvalue weighted by atomic mass is 16.2. The number of H-pyrrole nitrogens is 1. The maximum atomic E-state index is 13.7. The SMILES string of the molecule is CCn1ncc(CN(C)C(=O)c2nc(-c3cnc4[nH]nc(NC)c4c3)nc3ccc(C)cc23)c1C. The van der Waals surface area contributed by atoms with E-state index in [9.17, 15) is 4.79 Å². The Hall–Kier alpha value is -4.34. The lowest BCUT2D eigenvalue weighted by atomic mass is 10.1. The molecule has 0 aliphatic carbocycles. The van der Waals surface area contributed by atoms with E-state index in [-0.39, 0.29) is 5.91 Å². The number of carbonyl (C=O) groups excluding carboxylic acids is 1. The van der Waals surface area contributed by atoms with Crippen molar-refractivity contribution in [1.82, 2.24) is 39.8 Å². The number of amides is 1. The standard InChI is InChI=1S/C25H27N9O/c1-6-34-15(3)17(12-28-34)13-33(5)25(35)21-18-9-14(2)7-8-20(18)29-22(30-21)16-10-19-23(26-4)31-32-24(19)27-11-16/h7-12H,6,13H2,1-5H3,(H2,26,27,31,32). The molecule has 10 nitrogen and oxygen atoms in total. The summed E-state index contributed by atoms with van der Waals surface area (Å²) in [6, 6.07) is 7.78. The monoisotopic (exact) mass is 469 g/mol. The molecule has 0 unspecified atom stereocenters. The molecule has 1 amide bonds. The van der Waals surface area contributed by atoms with Gasteiger partial charge in [0.15, 0.2) is 17.3 Å². The minimum absolute atomic E-state index is 0.179. The van der Waals surface area contributed by atoms with E-state index in [4.69, 9.17) is 9.97 Å². The summed E-state index contributed by atoms with van der Waals surface area (Å²) >= 11 is 0. The summed E-state index contributed by atoms with van der Waals surface area (Å²) in [5.41, 5.74) is 5.52. The molecule has 4 heterocycles. The fraction of sp³-hybridized carbons (Fsp3) is 0.280. The molecule has 0 aliphatic rings. The second-order valence-corrected chi connectivity index (χ2v) is 8.59. The Kier molecular flexibility index (Phi) is 5.64. The van der Waals surface area contributed by atoms with Gasteiger partial charge in [-0.25, -0.2) is 15.0 Å². The van der Waals surface area contributed by atoms with Gasteiger partial charge in [0.05, 0.1) is 17.1 Å². The van der Waals surface area contributed by atoms with Crippen LogP contribution in [0.5, 0.6) is 0 Å². The lowest BCUT2D eigenvalue weighted by Gasteiger charge is -2.18. The second kappa shape index (κ2) is 8.79. The maximum Gasteiger partial charge on any atom is 0.273 e. The van der Waals surface area contributed by atoms with E-state index in [0.717, 1.165) is 34.1 Å². The number of anilines is 1. The van der Waals surface area contributed by atoms with Crippen LogP contribution in [0.15, 0.2) is 36.7 Å². The summed E-state index contributed by atoms with van der Waals surface area (Å²) in [5, 5.41) is 16.1. The molecule has 0 saturated carbocycles. The van der Waals surface area contributed by atoms with Gasteiger partial charge in [0.25, 0.3) is 5.91 Å². The van der Waals surface area contributed by atoms with Crippen LogP contribution >= 0.6 is 0 Å². The van der Waals surface area contributed by atoms with Gasteiger partial charge >= 0.3 is 0 Å². The van der Waals surface area contributed by atoms with E-state index in [1.165, 1.54) is 0 Å². The van der Waals surface area contributed by atoms with Crippen molar-refractivity contribution in [2.24, 2.45) is 0 Å². The molecule has 0 spiro atoms. The van der Waals surface area contributed by atoms with Crippen LogP contribution in [0.3, 0.4) is 0 Å². The molecule has 0 aliphatic heterocycles. The number of aromatic nitrogens is 7. The molecule has 4 aromatic heterocycles. The van der Waals surface area contributed by atoms with Gasteiger partial charge in [0.2, 0.25) is 0 Å². The van der Waals surface area contributed by atoms with E-state index < -0.39 is 0 Å². The van der Waals surface area contributed by atoms with Crippen molar-refractivity contribution < 1.29 is 4.79 Å². The van der Waals surface area contributed by atoms with E-state index in [0.29, 0.717) is 40.6 Å². The number of fused-ring (bicyclic) bond motifs is 2. The van der Waals surface area contributed by atoms with Crippen LogP contribution < -0.4 is 5.32 Å². The van der Waals surface area contributed by atoms with Gasteiger partial charge in [-0.15, -0.1) is 0 Å². The summed E-state index contributed by atoms with van der Waals surface area (Å²) < 4.78 is 1.92. The quantitative estimate of drug-likeness (QED) is 0.389. The Morgan fingerprint density at radius 3 is 2.71 bits per heavy atom. The van der Waals surface area contributed by atoms with Crippen molar-refractivity contribution in [3.63, 3.8) is 0 Å². The molecule has 0 bridgehead atoms. The van der Waals surface area contributed by atoms with Gasteiger partial charge in [0, 0.05) is 55.6 Å². The number of nitrogens with one attached hydrogen (secondary N) is 2. The van der Waals surface area contributed by atoms with Gasteiger partial charge in [0.1, 0.15) is 5.69 Å². The van der Waals surface area contributed by atoms with Gasteiger partial charge < -0.3 is 10.2 Å². The number of hydrogen-bond donors (Lipinski definition) is 2. The van der Waals surface area contributed by atoms with Crippen molar-refractivity contribution in [3.8, 4) is 11.4 Å². The maximum absolute atomic E-state index is 13.7. The zero-order valence-electron chi connectivity index (χ0n) is 20.4. The van der Waals surface area contributed by atoms with Crippen molar-refractivity contribution in [3.05, 3.63) is 59.2 Å². The van der Waals surface area contributed by atoms with Crippen LogP contribution in [0.25, 0.3) is 33.3 Å². The van der Waals surface area contributed by atoms with Crippen LogP contribution in [0.4, 0.5) is 5.82 Å². The Labute approximate surface area is 202 Å². The number of aromatic amines is 1. The molecular formula is C25H27N9O. The number of carbonyl (C=O) groups is 1. The molecule has 5 rings (SSSR count). The smallest absolute Gasteiger partial charge is 0.273 e. The molecular weight excluding hydrogens is 442 g/mol. The fourth-order valence-electron chi connectivity index (χ4n) is 4.22. The molecule has 0 radical (unpaired) electrons. The zero-order chi connectivity index (χ0) is 24.7. The molecule has 178 valence electrons. The van der Waals surface area contributed by atoms with E-state index >= 15 is 0 Å². The molecule has 0 saturated heterocycles. The molecule has 0 fully saturated rings. The first-order chi connectivity index (χ1) is 16.9. The molecule has 5 aromatic rings. The molecule has 10 heteroatoms. The molecule has 1 aromatic carbocycles. The van der Waals surface area contributed by atoms with Crippen molar-refractivity contribution in [1.29, 1.82) is 0 Å². The highest BCUT2D eigenvalue weighted by molar-refractivity contribution is 6.05. The van der Waals surface area contributed by atoms with Crippen molar-refractivity contribution in [2.45, 2.75) is 33.9 Å². The number of rotatable bonds is 6. The van der Waals surface area contributed by atoms with Crippen LogP contribution in [-0.4, -0.2) is 59.8 Å². The number of pyridine rings is 1. The Balaban J connectivity index is 1.59. The number of nitrogens with zero attached hydrogens (tertiary/aromatic N) is 7. The minimum Gasteiger partial charge on any atom is -0.371 e. The van der Waals surface area contributed by atoms with Gasteiger partial charge in [-0.1, -0.05) is 11.6 Å². The van der Waals surface area contributed by atoms with E-state index in [1.807, 2.05) is 55.9 Å². The topological polar surface area (TPSA) is 118 Å². The fourth-order valence-corrected chi connectivity index (χ4v) is 4.22. The van der Waals surface area contributed by atoms with E-state index in [1.54, 1.807) is 25.2 Å². The lowest BCUT2D eigenvalue weighted by Crippen LogP contribution is -2.28. The highest BCUT2D eigenvalue weighted by Crippen LogP contribution is 2.27. The van der Waals surface area contributed by atoms with Gasteiger partial charge in [-0.3, -0.25) is 14.6 Å². The third-order valence-electron chi connectivity index (χ3n) is 6.22. The summed E-state index contributed by atoms with van der Waals surface area (Å²) in [7, 11) is 3.59. The Morgan fingerprint density at radius 2 is 1.97 bits per heavy atom. The first kappa shape index (κ1) is 22.5. The third kappa shape index (κ3) is 3.96. The second-order valence-electron chi connectivity index (χ2n) is 8.59. The summed E-state index contributed by atoms with van der Waals surface area (Å²) in [5.74, 6) is 0.941. The van der Waals surface area contributed by atoms with Crippen LogP contribution in [0, 0.1) is 13.8 Å².